The van der Waals surface area contributed by atoms with E-state index in [-0.39, 0.29) is 0 Å². The molecule has 0 amide bonds. The summed E-state index contributed by atoms with van der Waals surface area (Å²) in [6, 6.07) is 0. The van der Waals surface area contributed by atoms with Crippen molar-refractivity contribution in [3.63, 3.8) is 0 Å². The molecular weight excluding hydrogens is 280 g/mol. The molecule has 0 aromatic heterocycles. The monoisotopic (exact) mass is 300 g/mol. The van der Waals surface area contributed by atoms with Crippen molar-refractivity contribution in [1.82, 2.24) is 0 Å². The maximum atomic E-state index is 11.4. The predicted octanol–water partition coefficient (Wildman–Crippen LogP) is 2.04. The van der Waals surface area contributed by atoms with Crippen LogP contribution in [-0.4, -0.2) is 26.7 Å². The van der Waals surface area contributed by atoms with Crippen LogP contribution in [0.15, 0.2) is 11.3 Å². The van der Waals surface area contributed by atoms with E-state index in [0.29, 0.717) is 11.6 Å². The summed E-state index contributed by atoms with van der Waals surface area (Å²) < 4.78 is 15.6. The summed E-state index contributed by atoms with van der Waals surface area (Å²) in [5.41, 5.74) is 0. The van der Waals surface area contributed by atoms with Crippen molar-refractivity contribution in [3.8, 4) is 0 Å². The van der Waals surface area contributed by atoms with E-state index in [9.17, 15) is 14.4 Å². The molecule has 7 heteroatoms. The van der Waals surface area contributed by atoms with E-state index in [2.05, 4.69) is 0 Å². The van der Waals surface area contributed by atoms with E-state index in [1.165, 1.54) is 20.8 Å². The second-order valence-electron chi connectivity index (χ2n) is 4.67. The number of carbonyl (C=O) groups is 3. The van der Waals surface area contributed by atoms with Gasteiger partial charge >= 0.3 is 8.80 Å². The Labute approximate surface area is 119 Å². The summed E-state index contributed by atoms with van der Waals surface area (Å²) in [7, 11) is -3.80. The molecular formula is C13H20O6Si. The fourth-order valence-corrected chi connectivity index (χ4v) is 4.65. The third kappa shape index (κ3) is 4.80. The van der Waals surface area contributed by atoms with Crippen LogP contribution in [-0.2, 0) is 27.7 Å². The van der Waals surface area contributed by atoms with Crippen LogP contribution in [0, 0.1) is 0 Å². The highest BCUT2D eigenvalue weighted by Gasteiger charge is 2.55. The van der Waals surface area contributed by atoms with E-state index in [1.54, 1.807) is 0 Å². The number of allylic oxidation sites excluding steroid dienone is 2. The first kappa shape index (κ1) is 16.4. The van der Waals surface area contributed by atoms with Crippen molar-refractivity contribution in [3.05, 3.63) is 11.3 Å². The van der Waals surface area contributed by atoms with E-state index >= 15 is 0 Å². The first-order chi connectivity index (χ1) is 9.35. The Morgan fingerprint density at radius 2 is 1.40 bits per heavy atom. The molecule has 0 saturated carbocycles. The molecule has 0 unspecified atom stereocenters. The third-order valence-corrected chi connectivity index (χ3v) is 5.68. The second-order valence-corrected chi connectivity index (χ2v) is 7.03. The Bertz CT molecular complexity index is 388. The Morgan fingerprint density at radius 1 is 0.900 bits per heavy atom. The summed E-state index contributed by atoms with van der Waals surface area (Å²) in [6.07, 6.45) is 6.17. The summed E-state index contributed by atoms with van der Waals surface area (Å²) >= 11 is 0. The van der Waals surface area contributed by atoms with Crippen LogP contribution in [0.4, 0.5) is 0 Å². The Balaban J connectivity index is 3.17. The van der Waals surface area contributed by atoms with Crippen molar-refractivity contribution in [1.29, 1.82) is 0 Å². The van der Waals surface area contributed by atoms with Crippen molar-refractivity contribution in [2.45, 2.75) is 52.9 Å². The molecule has 20 heavy (non-hydrogen) atoms. The zero-order valence-corrected chi connectivity index (χ0v) is 13.1. The third-order valence-electron chi connectivity index (χ3n) is 2.77. The van der Waals surface area contributed by atoms with Gasteiger partial charge in [0.25, 0.3) is 17.9 Å². The van der Waals surface area contributed by atoms with Gasteiger partial charge in [-0.05, 0) is 25.7 Å². The maximum absolute atomic E-state index is 11.4. The van der Waals surface area contributed by atoms with Crippen LogP contribution in [0.3, 0.4) is 0 Å². The summed E-state index contributed by atoms with van der Waals surface area (Å²) in [4.78, 5) is 34.1. The molecule has 0 N–H and O–H groups in total. The Hall–Kier alpha value is -1.63. The van der Waals surface area contributed by atoms with E-state index in [0.717, 1.165) is 25.7 Å². The fourth-order valence-electron chi connectivity index (χ4n) is 2.12. The smallest absolute Gasteiger partial charge is 0.452 e. The average Bonchev–Trinajstić information content (AvgIpc) is 2.54. The van der Waals surface area contributed by atoms with E-state index in [1.807, 2.05) is 6.08 Å². The normalized spacial score (nSPS) is 15.7. The first-order valence-corrected chi connectivity index (χ1v) is 8.36. The minimum Gasteiger partial charge on any atom is -0.452 e. The fraction of sp³-hybridized carbons (Fsp3) is 0.615. The maximum Gasteiger partial charge on any atom is 0.738 e. The largest absolute Gasteiger partial charge is 0.738 e. The zero-order valence-electron chi connectivity index (χ0n) is 12.1. The first-order valence-electron chi connectivity index (χ1n) is 6.64. The lowest BCUT2D eigenvalue weighted by molar-refractivity contribution is -0.147. The van der Waals surface area contributed by atoms with Crippen LogP contribution in [0.25, 0.3) is 0 Å². The van der Waals surface area contributed by atoms with Gasteiger partial charge in [-0.3, -0.25) is 14.4 Å². The van der Waals surface area contributed by atoms with Gasteiger partial charge in [-0.15, -0.1) is 0 Å². The van der Waals surface area contributed by atoms with Gasteiger partial charge in [0.1, 0.15) is 0 Å². The van der Waals surface area contributed by atoms with Gasteiger partial charge < -0.3 is 13.3 Å². The van der Waals surface area contributed by atoms with Gasteiger partial charge in [-0.2, -0.15) is 0 Å². The molecule has 0 aliphatic heterocycles. The highest BCUT2D eigenvalue weighted by Crippen LogP contribution is 2.29. The lowest BCUT2D eigenvalue weighted by Gasteiger charge is -2.27. The molecule has 0 aromatic rings. The van der Waals surface area contributed by atoms with Crippen LogP contribution < -0.4 is 0 Å². The Morgan fingerprint density at radius 3 is 1.85 bits per heavy atom. The molecule has 0 fully saturated rings. The summed E-state index contributed by atoms with van der Waals surface area (Å²) in [5, 5.41) is 0.635. The zero-order chi connectivity index (χ0) is 15.2. The van der Waals surface area contributed by atoms with Gasteiger partial charge in [0.2, 0.25) is 0 Å². The lowest BCUT2D eigenvalue weighted by atomic mass is 10.2. The quantitative estimate of drug-likeness (QED) is 0.739. The van der Waals surface area contributed by atoms with Crippen molar-refractivity contribution < 1.29 is 27.7 Å². The van der Waals surface area contributed by atoms with Gasteiger partial charge in [0.05, 0.1) is 0 Å². The molecule has 0 radical (unpaired) electrons. The topological polar surface area (TPSA) is 78.9 Å². The molecule has 1 aliphatic carbocycles. The minimum atomic E-state index is -3.80. The molecule has 0 heterocycles. The van der Waals surface area contributed by atoms with Crippen LogP contribution in [0.2, 0.25) is 0 Å². The number of carbonyl (C=O) groups excluding carboxylic acids is 3. The lowest BCUT2D eigenvalue weighted by Crippen LogP contribution is -2.51. The predicted molar refractivity (Wildman–Crippen MR) is 72.2 cm³/mol. The molecule has 0 saturated heterocycles. The molecule has 0 atom stereocenters. The van der Waals surface area contributed by atoms with Gasteiger partial charge in [0, 0.05) is 26.0 Å². The molecule has 0 aromatic carbocycles. The minimum absolute atomic E-state index is 0.597. The average molecular weight is 300 g/mol. The summed E-state index contributed by atoms with van der Waals surface area (Å²) in [6.45, 7) is 3.60. The number of rotatable bonds is 4. The van der Waals surface area contributed by atoms with Crippen LogP contribution in [0.1, 0.15) is 52.9 Å². The van der Waals surface area contributed by atoms with Crippen molar-refractivity contribution in [2.75, 3.05) is 0 Å². The molecule has 112 valence electrons. The highest BCUT2D eigenvalue weighted by atomic mass is 28.4. The SMILES string of the molecule is CC(=O)O[Si](OC(C)=O)(OC(C)=O)C1=CCCCCC1. The molecule has 6 nitrogen and oxygen atoms in total. The van der Waals surface area contributed by atoms with Gasteiger partial charge in [0.15, 0.2) is 0 Å². The molecule has 1 aliphatic rings. The highest BCUT2D eigenvalue weighted by molar-refractivity contribution is 6.73. The number of hydrogen-bond donors (Lipinski definition) is 0. The van der Waals surface area contributed by atoms with Gasteiger partial charge in [-0.25, -0.2) is 0 Å². The standard InChI is InChI=1S/C13H20O6Si/c1-10(14)17-20(18-11(2)15,19-12(3)16)13-8-6-4-5-7-9-13/h8H,4-7,9H2,1-3H3. The van der Waals surface area contributed by atoms with Crippen LogP contribution >= 0.6 is 0 Å². The molecule has 1 rings (SSSR count). The van der Waals surface area contributed by atoms with E-state index in [4.69, 9.17) is 13.3 Å². The van der Waals surface area contributed by atoms with Crippen molar-refractivity contribution in [2.24, 2.45) is 0 Å². The second kappa shape index (κ2) is 7.23. The Kier molecular flexibility index (Phi) is 5.94. The van der Waals surface area contributed by atoms with Gasteiger partial charge in [-0.1, -0.05) is 12.5 Å². The van der Waals surface area contributed by atoms with Crippen LogP contribution in [0.5, 0.6) is 0 Å². The molecule has 0 spiro atoms. The molecule has 0 bridgehead atoms. The van der Waals surface area contributed by atoms with E-state index < -0.39 is 26.7 Å². The number of hydrogen-bond acceptors (Lipinski definition) is 6. The van der Waals surface area contributed by atoms with Crippen molar-refractivity contribution >= 4 is 26.7 Å². The summed E-state index contributed by atoms with van der Waals surface area (Å²) in [5.74, 6) is -1.90.